The first-order valence-corrected chi connectivity index (χ1v) is 19.3. The number of halogens is 3. The van der Waals surface area contributed by atoms with Crippen LogP contribution in [0, 0.1) is 0 Å². The Hall–Kier alpha value is 2.70. The van der Waals surface area contributed by atoms with Crippen LogP contribution in [0.25, 0.3) is 0 Å². The molecule has 2 aliphatic rings. The molecule has 0 unspecified atom stereocenters. The Kier molecular flexibility index (Phi) is 37.6. The molecule has 6 nitrogen and oxygen atoms in total. The number of rotatable bonds is 15. The van der Waals surface area contributed by atoms with Crippen LogP contribution in [0.1, 0.15) is 64.2 Å². The molecule has 0 aromatic heterocycles. The van der Waals surface area contributed by atoms with Crippen molar-refractivity contribution in [1.29, 1.82) is 0 Å². The molecule has 0 spiro atoms. The van der Waals surface area contributed by atoms with Crippen molar-refractivity contribution in [2.24, 2.45) is 0 Å². The van der Waals surface area contributed by atoms with Crippen molar-refractivity contribution >= 4 is 71.0 Å². The van der Waals surface area contributed by atoms with Crippen molar-refractivity contribution in [2.75, 3.05) is 78.8 Å². The second kappa shape index (κ2) is 30.4. The Morgan fingerprint density at radius 1 is 0.800 bits per heavy atom. The Balaban J connectivity index is -0.000000257. The number of hydrogen-bond donors (Lipinski definition) is 0. The number of carboxylic acid groups (broad SMARTS) is 1. The number of carboxylic acids is 1. The van der Waals surface area contributed by atoms with Crippen LogP contribution < -0.4 is 68.6 Å². The molecule has 0 bridgehead atoms. The maximum Gasteiger partial charge on any atom is 1.00 e. The molecular formula is C26H52Br3N2NaO4S4. The molecule has 236 valence electrons. The number of ether oxygens (including phenoxy) is 1. The van der Waals surface area contributed by atoms with Crippen molar-refractivity contribution < 1.29 is 91.9 Å². The van der Waals surface area contributed by atoms with E-state index in [1.807, 2.05) is 43.2 Å². The van der Waals surface area contributed by atoms with Crippen LogP contribution in [-0.4, -0.2) is 110 Å². The van der Waals surface area contributed by atoms with Crippen molar-refractivity contribution in [3.8, 4) is 0 Å². The molecule has 0 N–H and O–H groups in total. The van der Waals surface area contributed by atoms with Gasteiger partial charge in [-0.2, -0.15) is 0 Å². The second-order valence-corrected chi connectivity index (χ2v) is 17.8. The van der Waals surface area contributed by atoms with Gasteiger partial charge < -0.3 is 57.6 Å². The average Bonchev–Trinajstić information content (AvgIpc) is 3.48. The molecule has 40 heavy (non-hydrogen) atoms. The second-order valence-electron chi connectivity index (χ2n) is 11.5. The molecule has 14 heteroatoms. The molecule has 2 aliphatic heterocycles. The topological polar surface area (TPSA) is 66.4 Å². The van der Waals surface area contributed by atoms with E-state index in [1.165, 1.54) is 43.7 Å². The number of carbonyl (C=O) groups is 2. The summed E-state index contributed by atoms with van der Waals surface area (Å²) in [6, 6.07) is 0. The number of likely N-dealkylation sites (N-methyl/N-ethyl adjacent to an activating group) is 1. The molecular weight excluding hydrogens is 795 g/mol. The van der Waals surface area contributed by atoms with Crippen molar-refractivity contribution in [3.63, 3.8) is 0 Å². The van der Waals surface area contributed by atoms with Gasteiger partial charge in [0.2, 0.25) is 0 Å². The smallest absolute Gasteiger partial charge is 1.00 e. The summed E-state index contributed by atoms with van der Waals surface area (Å²) in [5.41, 5.74) is 0. The van der Waals surface area contributed by atoms with Gasteiger partial charge in [0.1, 0.15) is 13.2 Å². The molecule has 0 amide bonds. The molecule has 0 aromatic carbocycles. The average molecular weight is 848 g/mol. The van der Waals surface area contributed by atoms with E-state index in [0.717, 1.165) is 57.0 Å². The number of esters is 1. The predicted molar refractivity (Wildman–Crippen MR) is 169 cm³/mol. The van der Waals surface area contributed by atoms with E-state index < -0.39 is 5.97 Å². The summed E-state index contributed by atoms with van der Waals surface area (Å²) < 4.78 is 7.11. The van der Waals surface area contributed by atoms with Gasteiger partial charge in [-0.25, -0.2) is 0 Å². The zero-order valence-electron chi connectivity index (χ0n) is 25.8. The molecule has 2 heterocycles. The Morgan fingerprint density at radius 2 is 1.25 bits per heavy atom. The van der Waals surface area contributed by atoms with E-state index >= 15 is 0 Å². The number of alkyl halides is 1. The van der Waals surface area contributed by atoms with Gasteiger partial charge in [-0.3, -0.25) is 4.79 Å². The Morgan fingerprint density at radius 3 is 1.57 bits per heavy atom. The van der Waals surface area contributed by atoms with Gasteiger partial charge in [-0.15, -0.1) is 0 Å². The van der Waals surface area contributed by atoms with Crippen LogP contribution in [0.4, 0.5) is 0 Å². The molecule has 0 radical (unpaired) electrons. The third kappa shape index (κ3) is 36.9. The van der Waals surface area contributed by atoms with Crippen LogP contribution in [0.5, 0.6) is 0 Å². The minimum Gasteiger partial charge on any atom is -1.00 e. The number of carbonyl (C=O) groups excluding carboxylic acids is 2. The van der Waals surface area contributed by atoms with E-state index in [4.69, 9.17) is 4.74 Å². The van der Waals surface area contributed by atoms with E-state index in [1.54, 1.807) is 0 Å². The van der Waals surface area contributed by atoms with Gasteiger partial charge >= 0.3 is 35.5 Å². The predicted octanol–water partition coefficient (Wildman–Crippen LogP) is -3.50. The first-order chi connectivity index (χ1) is 17.3. The molecule has 2 saturated heterocycles. The van der Waals surface area contributed by atoms with Gasteiger partial charge in [0, 0.05) is 34.4 Å². The van der Waals surface area contributed by atoms with E-state index in [2.05, 4.69) is 58.2 Å². The molecule has 0 aliphatic carbocycles. The van der Waals surface area contributed by atoms with Gasteiger partial charge in [-0.1, -0.05) is 71.9 Å². The Bertz CT molecular complexity index is 607. The number of aliphatic carboxylic acids is 1. The van der Waals surface area contributed by atoms with E-state index in [9.17, 15) is 14.7 Å². The third-order valence-electron chi connectivity index (χ3n) is 5.55. The zero-order chi connectivity index (χ0) is 28.2. The van der Waals surface area contributed by atoms with E-state index in [0.29, 0.717) is 13.0 Å². The fourth-order valence-electron chi connectivity index (χ4n) is 3.17. The molecule has 2 rings (SSSR count). The maximum absolute atomic E-state index is 11.5. The molecule has 2 atom stereocenters. The number of hydrogen-bond acceptors (Lipinski definition) is 8. The summed E-state index contributed by atoms with van der Waals surface area (Å²) in [5, 5.41) is 12.8. The van der Waals surface area contributed by atoms with E-state index in [-0.39, 0.29) is 75.9 Å². The number of unbranched alkanes of at least 4 members (excludes halogenated alkanes) is 2. The quantitative estimate of drug-likeness (QED) is 0.0421. The fraction of sp³-hybridized carbons (Fsp3) is 0.923. The van der Waals surface area contributed by atoms with Gasteiger partial charge in [0.15, 0.2) is 0 Å². The minimum atomic E-state index is -0.913. The number of nitrogens with zero attached hydrogens (tertiary/aromatic N) is 2. The van der Waals surface area contributed by atoms with Crippen LogP contribution in [-0.2, 0) is 14.3 Å². The standard InChI is InChI=1S/C13H26NO2S2.C8H14O2S2.C5H13BrN.2BrH.Na/c1-14(2,3)9-10-16-13(15)7-5-4-6-12-8-11-17-18-12;9-8(10)4-2-1-3-7-5-6-11-12-7;1-7(2,3)5-4-6;;;/h12H,4-11H2,1-3H3;7H,1-6H2,(H,9,10);4-5H2,1-3H3;2*1H;/q+1;;+1;;;+1/p-3/t12-;7-;;;;/m11..../s1. The summed E-state index contributed by atoms with van der Waals surface area (Å²) in [7, 11) is 20.7. The van der Waals surface area contributed by atoms with Gasteiger partial charge in [0.05, 0.1) is 54.2 Å². The summed E-state index contributed by atoms with van der Waals surface area (Å²) in [6.45, 7) is 2.61. The van der Waals surface area contributed by atoms with Crippen LogP contribution in [0.3, 0.4) is 0 Å². The number of quaternary nitrogens is 2. The molecule has 0 aromatic rings. The van der Waals surface area contributed by atoms with Gasteiger partial charge in [-0.05, 0) is 44.9 Å². The largest absolute Gasteiger partial charge is 1.00 e. The summed E-state index contributed by atoms with van der Waals surface area (Å²) in [6.07, 6.45) is 9.81. The van der Waals surface area contributed by atoms with Crippen molar-refractivity contribution in [1.82, 2.24) is 0 Å². The normalized spacial score (nSPS) is 18.0. The van der Waals surface area contributed by atoms with Crippen LogP contribution in [0.15, 0.2) is 0 Å². The summed E-state index contributed by atoms with van der Waals surface area (Å²) in [4.78, 5) is 21.6. The van der Waals surface area contributed by atoms with Crippen LogP contribution >= 0.6 is 59.1 Å². The first-order valence-electron chi connectivity index (χ1n) is 13.4. The molecule has 2 fully saturated rings. The summed E-state index contributed by atoms with van der Waals surface area (Å²) >= 11 is 3.37. The SMILES string of the molecule is C[N+](C)(C)CCBr.C[N+](C)(C)CCOC(=O)CCCC[C@@H]1CCSS1.O=C([O-])CCCC[C@@H]1CCSS1.[Br-].[Br-].[Na+]. The summed E-state index contributed by atoms with van der Waals surface area (Å²) in [5.74, 6) is 1.61. The molecule has 0 saturated carbocycles. The fourth-order valence-corrected chi connectivity index (χ4v) is 10.3. The monoisotopic (exact) mass is 844 g/mol. The van der Waals surface area contributed by atoms with Crippen molar-refractivity contribution in [3.05, 3.63) is 0 Å². The van der Waals surface area contributed by atoms with Crippen LogP contribution in [0.2, 0.25) is 0 Å². The minimum absolute atomic E-state index is 0. The van der Waals surface area contributed by atoms with Crippen molar-refractivity contribution in [2.45, 2.75) is 74.7 Å². The zero-order valence-corrected chi connectivity index (χ0v) is 35.8. The maximum atomic E-state index is 11.5. The third-order valence-corrected chi connectivity index (χ3v) is 11.9. The first kappa shape index (κ1) is 49.6. The van der Waals surface area contributed by atoms with Gasteiger partial charge in [0.25, 0.3) is 0 Å². The Labute approximate surface area is 313 Å².